The van der Waals surface area contributed by atoms with Gasteiger partial charge in [0.2, 0.25) is 5.91 Å². The first-order chi connectivity index (χ1) is 8.68. The van der Waals surface area contributed by atoms with E-state index in [4.69, 9.17) is 0 Å². The lowest BCUT2D eigenvalue weighted by molar-refractivity contribution is -0.124. The van der Waals surface area contributed by atoms with Crippen molar-refractivity contribution in [2.45, 2.75) is 70.3 Å². The molecular weight excluding hydrogens is 260 g/mol. The fourth-order valence-corrected chi connectivity index (χ4v) is 3.37. The van der Waals surface area contributed by atoms with Crippen molar-refractivity contribution in [2.24, 2.45) is 5.92 Å². The molecule has 0 aromatic rings. The quantitative estimate of drug-likeness (QED) is 0.784. The predicted molar refractivity (Wildman–Crippen MR) is 81.7 cm³/mol. The molecule has 2 aliphatic rings. The number of halogens is 1. The van der Waals surface area contributed by atoms with E-state index in [1.165, 1.54) is 25.7 Å². The lowest BCUT2D eigenvalue weighted by atomic mass is 9.90. The Bertz CT molecular complexity index is 269. The van der Waals surface area contributed by atoms with Gasteiger partial charge in [0.15, 0.2) is 0 Å². The molecule has 0 bridgehead atoms. The van der Waals surface area contributed by atoms with Crippen LogP contribution in [0.1, 0.15) is 64.7 Å². The average Bonchev–Trinajstić information content (AvgIpc) is 2.55. The van der Waals surface area contributed by atoms with Crippen LogP contribution >= 0.6 is 12.4 Å². The van der Waals surface area contributed by atoms with Crippen molar-refractivity contribution in [3.8, 4) is 0 Å². The SMILES string of the molecule is CC1(NC(=O)CC2CCNCC2)CCCCCC1.Cl. The van der Waals surface area contributed by atoms with E-state index in [0.29, 0.717) is 5.92 Å². The minimum absolute atomic E-state index is 0. The molecule has 19 heavy (non-hydrogen) atoms. The summed E-state index contributed by atoms with van der Waals surface area (Å²) >= 11 is 0. The van der Waals surface area contributed by atoms with Crippen LogP contribution in [-0.4, -0.2) is 24.5 Å². The van der Waals surface area contributed by atoms with E-state index >= 15 is 0 Å². The molecular formula is C15H29ClN2O. The molecule has 0 radical (unpaired) electrons. The van der Waals surface area contributed by atoms with E-state index in [0.717, 1.165) is 45.2 Å². The van der Waals surface area contributed by atoms with Crippen LogP contribution in [0.25, 0.3) is 0 Å². The first-order valence-electron chi connectivity index (χ1n) is 7.70. The highest BCUT2D eigenvalue weighted by atomic mass is 35.5. The summed E-state index contributed by atoms with van der Waals surface area (Å²) < 4.78 is 0. The number of amides is 1. The van der Waals surface area contributed by atoms with Crippen molar-refractivity contribution in [1.82, 2.24) is 10.6 Å². The maximum absolute atomic E-state index is 12.2. The molecule has 1 aliphatic carbocycles. The molecule has 0 unspecified atom stereocenters. The van der Waals surface area contributed by atoms with Crippen LogP contribution in [0.4, 0.5) is 0 Å². The maximum Gasteiger partial charge on any atom is 0.220 e. The van der Waals surface area contributed by atoms with Gasteiger partial charge >= 0.3 is 0 Å². The van der Waals surface area contributed by atoms with Crippen molar-refractivity contribution in [3.63, 3.8) is 0 Å². The van der Waals surface area contributed by atoms with Crippen LogP contribution in [0.3, 0.4) is 0 Å². The fraction of sp³-hybridized carbons (Fsp3) is 0.933. The van der Waals surface area contributed by atoms with Crippen LogP contribution in [0, 0.1) is 5.92 Å². The molecule has 1 aliphatic heterocycles. The number of carbonyl (C=O) groups excluding carboxylic acids is 1. The first-order valence-corrected chi connectivity index (χ1v) is 7.70. The van der Waals surface area contributed by atoms with E-state index in [-0.39, 0.29) is 23.9 Å². The van der Waals surface area contributed by atoms with Crippen LogP contribution in [0.2, 0.25) is 0 Å². The second kappa shape index (κ2) is 8.11. The standard InChI is InChI=1S/C15H28N2O.ClH/c1-15(8-4-2-3-5-9-15)17-14(18)12-13-6-10-16-11-7-13;/h13,16H,2-12H2,1H3,(H,17,18);1H. The van der Waals surface area contributed by atoms with E-state index in [1.54, 1.807) is 0 Å². The van der Waals surface area contributed by atoms with Gasteiger partial charge in [-0.15, -0.1) is 12.4 Å². The molecule has 1 heterocycles. The van der Waals surface area contributed by atoms with Gasteiger partial charge in [-0.25, -0.2) is 0 Å². The Hall–Kier alpha value is -0.280. The highest BCUT2D eigenvalue weighted by Gasteiger charge is 2.28. The monoisotopic (exact) mass is 288 g/mol. The van der Waals surface area contributed by atoms with Gasteiger partial charge in [-0.05, 0) is 51.6 Å². The molecule has 2 rings (SSSR count). The third-order valence-electron chi connectivity index (χ3n) is 4.58. The summed E-state index contributed by atoms with van der Waals surface area (Å²) in [4.78, 5) is 12.2. The second-order valence-corrected chi connectivity index (χ2v) is 6.42. The zero-order valence-electron chi connectivity index (χ0n) is 12.2. The van der Waals surface area contributed by atoms with Gasteiger partial charge in [0.05, 0.1) is 0 Å². The highest BCUT2D eigenvalue weighted by molar-refractivity contribution is 5.85. The zero-order valence-corrected chi connectivity index (χ0v) is 13.0. The van der Waals surface area contributed by atoms with Crippen molar-refractivity contribution in [1.29, 1.82) is 0 Å². The Morgan fingerprint density at radius 2 is 1.74 bits per heavy atom. The Kier molecular flexibility index (Phi) is 7.16. The van der Waals surface area contributed by atoms with Crippen molar-refractivity contribution >= 4 is 18.3 Å². The fourth-order valence-electron chi connectivity index (χ4n) is 3.37. The lowest BCUT2D eigenvalue weighted by Gasteiger charge is -2.31. The third-order valence-corrected chi connectivity index (χ3v) is 4.58. The predicted octanol–water partition coefficient (Wildman–Crippen LogP) is 3.03. The van der Waals surface area contributed by atoms with Gasteiger partial charge < -0.3 is 10.6 Å². The molecule has 2 fully saturated rings. The van der Waals surface area contributed by atoms with Crippen molar-refractivity contribution < 1.29 is 4.79 Å². The van der Waals surface area contributed by atoms with E-state index < -0.39 is 0 Å². The van der Waals surface area contributed by atoms with Crippen molar-refractivity contribution in [3.05, 3.63) is 0 Å². The summed E-state index contributed by atoms with van der Waals surface area (Å²) in [6, 6.07) is 0. The molecule has 0 aromatic heterocycles. The van der Waals surface area contributed by atoms with Gasteiger partial charge in [0.1, 0.15) is 0 Å². The number of rotatable bonds is 3. The number of carbonyl (C=O) groups is 1. The minimum Gasteiger partial charge on any atom is -0.351 e. The third kappa shape index (κ3) is 5.70. The highest BCUT2D eigenvalue weighted by Crippen LogP contribution is 2.27. The van der Waals surface area contributed by atoms with Crippen molar-refractivity contribution in [2.75, 3.05) is 13.1 Å². The average molecular weight is 289 g/mol. The summed E-state index contributed by atoms with van der Waals surface area (Å²) in [5.41, 5.74) is 0.0699. The van der Waals surface area contributed by atoms with Crippen LogP contribution in [0.5, 0.6) is 0 Å². The smallest absolute Gasteiger partial charge is 0.220 e. The Morgan fingerprint density at radius 3 is 2.32 bits per heavy atom. The van der Waals surface area contributed by atoms with Crippen LogP contribution in [0.15, 0.2) is 0 Å². The largest absolute Gasteiger partial charge is 0.351 e. The number of hydrogen-bond acceptors (Lipinski definition) is 2. The number of nitrogens with one attached hydrogen (secondary N) is 2. The summed E-state index contributed by atoms with van der Waals surface area (Å²) in [5, 5.41) is 6.68. The van der Waals surface area contributed by atoms with Gasteiger partial charge in [-0.3, -0.25) is 4.79 Å². The molecule has 0 atom stereocenters. The van der Waals surface area contributed by atoms with E-state index in [1.807, 2.05) is 0 Å². The molecule has 3 nitrogen and oxygen atoms in total. The summed E-state index contributed by atoms with van der Waals surface area (Å²) in [7, 11) is 0. The molecule has 1 amide bonds. The first kappa shape index (κ1) is 16.8. The van der Waals surface area contributed by atoms with Crippen LogP contribution in [-0.2, 0) is 4.79 Å². The summed E-state index contributed by atoms with van der Waals surface area (Å²) in [6.07, 6.45) is 10.6. The summed E-state index contributed by atoms with van der Waals surface area (Å²) in [5.74, 6) is 0.881. The number of piperidine rings is 1. The van der Waals surface area contributed by atoms with Gasteiger partial charge in [-0.1, -0.05) is 25.7 Å². The Labute approximate surface area is 123 Å². The molecule has 1 saturated heterocycles. The second-order valence-electron chi connectivity index (χ2n) is 6.42. The van der Waals surface area contributed by atoms with Gasteiger partial charge in [-0.2, -0.15) is 0 Å². The molecule has 0 spiro atoms. The molecule has 4 heteroatoms. The minimum atomic E-state index is 0. The number of hydrogen-bond donors (Lipinski definition) is 2. The van der Waals surface area contributed by atoms with Gasteiger partial charge in [0, 0.05) is 12.0 Å². The topological polar surface area (TPSA) is 41.1 Å². The van der Waals surface area contributed by atoms with E-state index in [2.05, 4.69) is 17.6 Å². The maximum atomic E-state index is 12.2. The Balaban J connectivity index is 0.00000180. The van der Waals surface area contributed by atoms with Crippen LogP contribution < -0.4 is 10.6 Å². The Morgan fingerprint density at radius 1 is 1.16 bits per heavy atom. The normalized spacial score (nSPS) is 24.1. The molecule has 0 aromatic carbocycles. The summed E-state index contributed by atoms with van der Waals surface area (Å²) in [6.45, 7) is 4.39. The molecule has 2 N–H and O–H groups in total. The molecule has 1 saturated carbocycles. The molecule has 112 valence electrons. The zero-order chi connectivity index (χ0) is 12.8. The van der Waals surface area contributed by atoms with Gasteiger partial charge in [0.25, 0.3) is 0 Å². The lowest BCUT2D eigenvalue weighted by Crippen LogP contribution is -2.46. The van der Waals surface area contributed by atoms with E-state index in [9.17, 15) is 4.79 Å².